The summed E-state index contributed by atoms with van der Waals surface area (Å²) in [5.74, 6) is 0. The van der Waals surface area contributed by atoms with Crippen LogP contribution < -0.4 is 4.90 Å². The van der Waals surface area contributed by atoms with Gasteiger partial charge in [0.15, 0.2) is 0 Å². The van der Waals surface area contributed by atoms with E-state index < -0.39 is 5.41 Å². The van der Waals surface area contributed by atoms with Crippen LogP contribution in [0.4, 0.5) is 17.1 Å². The van der Waals surface area contributed by atoms with Crippen LogP contribution in [0.15, 0.2) is 229 Å². The monoisotopic (exact) mass is 727 g/mol. The molecule has 9 aromatic carbocycles. The number of hydrogen-bond donors (Lipinski definition) is 0. The van der Waals surface area contributed by atoms with E-state index >= 15 is 0 Å². The Kier molecular flexibility index (Phi) is 7.75. The largest absolute Gasteiger partial charge is 0.456 e. The van der Waals surface area contributed by atoms with E-state index in [1.54, 1.807) is 0 Å². The van der Waals surface area contributed by atoms with Gasteiger partial charge >= 0.3 is 0 Å². The Bertz CT molecular complexity index is 2940. The predicted octanol–water partition coefficient (Wildman–Crippen LogP) is 14.8. The van der Waals surface area contributed by atoms with Crippen molar-refractivity contribution >= 4 is 39.0 Å². The van der Waals surface area contributed by atoms with Crippen LogP contribution in [-0.2, 0) is 5.41 Å². The van der Waals surface area contributed by atoms with E-state index in [2.05, 4.69) is 229 Å². The average molecular weight is 728 g/mol. The summed E-state index contributed by atoms with van der Waals surface area (Å²) in [5, 5.41) is 2.17. The van der Waals surface area contributed by atoms with Gasteiger partial charge in [-0.3, -0.25) is 0 Å². The summed E-state index contributed by atoms with van der Waals surface area (Å²) < 4.78 is 7.05. The van der Waals surface area contributed by atoms with Crippen LogP contribution in [0.25, 0.3) is 55.3 Å². The smallest absolute Gasteiger partial charge is 0.140 e. The van der Waals surface area contributed by atoms with Crippen LogP contribution in [0, 0.1) is 0 Å². The van der Waals surface area contributed by atoms with Crippen molar-refractivity contribution in [2.45, 2.75) is 5.41 Å². The molecule has 268 valence electrons. The summed E-state index contributed by atoms with van der Waals surface area (Å²) in [6.07, 6.45) is 0. The minimum atomic E-state index is -0.563. The van der Waals surface area contributed by atoms with E-state index in [0.29, 0.717) is 0 Å². The molecule has 0 saturated heterocycles. The molecule has 0 unspecified atom stereocenters. The minimum Gasteiger partial charge on any atom is -0.456 e. The maximum atomic E-state index is 7.05. The Morgan fingerprint density at radius 1 is 0.333 bits per heavy atom. The maximum Gasteiger partial charge on any atom is 0.140 e. The first kappa shape index (κ1) is 33.0. The van der Waals surface area contributed by atoms with E-state index in [4.69, 9.17) is 4.42 Å². The number of furan rings is 1. The highest BCUT2D eigenvalue weighted by atomic mass is 16.3. The highest BCUT2D eigenvalue weighted by Gasteiger charge is 2.47. The molecule has 10 aromatic rings. The highest BCUT2D eigenvalue weighted by molar-refractivity contribution is 6.09. The second-order valence-corrected chi connectivity index (χ2v) is 14.8. The quantitative estimate of drug-likeness (QED) is 0.163. The lowest BCUT2D eigenvalue weighted by molar-refractivity contribution is 0.648. The maximum absolute atomic E-state index is 7.05. The van der Waals surface area contributed by atoms with Crippen molar-refractivity contribution in [1.82, 2.24) is 0 Å². The molecule has 1 aliphatic carbocycles. The zero-order valence-corrected chi connectivity index (χ0v) is 31.2. The van der Waals surface area contributed by atoms with Gasteiger partial charge in [-0.25, -0.2) is 0 Å². The zero-order valence-electron chi connectivity index (χ0n) is 31.2. The summed E-state index contributed by atoms with van der Waals surface area (Å²) in [7, 11) is 0. The molecule has 0 aliphatic heterocycles. The van der Waals surface area contributed by atoms with Gasteiger partial charge in [0.1, 0.15) is 11.2 Å². The Hall–Kier alpha value is -7.42. The Balaban J connectivity index is 1.14. The third kappa shape index (κ3) is 5.26. The van der Waals surface area contributed by atoms with Gasteiger partial charge in [0.05, 0.1) is 5.41 Å². The number of rotatable bonds is 7. The number of benzene rings is 9. The second kappa shape index (κ2) is 13.4. The SMILES string of the molecule is c1ccc(-c2cccc(N(c3cccc(-c4ccccc4)c3)c3ccc4oc5c(C6(c7ccccc7)c7ccccc7-c7ccccc76)cccc5c4c3)c2)cc1. The summed E-state index contributed by atoms with van der Waals surface area (Å²) in [5.41, 5.74) is 16.6. The van der Waals surface area contributed by atoms with Crippen molar-refractivity contribution in [1.29, 1.82) is 0 Å². The first-order valence-electron chi connectivity index (χ1n) is 19.6. The van der Waals surface area contributed by atoms with Crippen molar-refractivity contribution in [2.24, 2.45) is 0 Å². The molecule has 1 aliphatic rings. The van der Waals surface area contributed by atoms with Crippen molar-refractivity contribution in [2.75, 3.05) is 4.90 Å². The van der Waals surface area contributed by atoms with Gasteiger partial charge in [-0.05, 0) is 92.5 Å². The molecular weight excluding hydrogens is 691 g/mol. The summed E-state index contributed by atoms with van der Waals surface area (Å²) in [6, 6.07) is 80.9. The molecule has 1 aromatic heterocycles. The fourth-order valence-electron chi connectivity index (χ4n) is 9.26. The fourth-order valence-corrected chi connectivity index (χ4v) is 9.26. The summed E-state index contributed by atoms with van der Waals surface area (Å²) in [4.78, 5) is 2.37. The molecule has 57 heavy (non-hydrogen) atoms. The number of fused-ring (bicyclic) bond motifs is 6. The predicted molar refractivity (Wildman–Crippen MR) is 237 cm³/mol. The van der Waals surface area contributed by atoms with Crippen LogP contribution in [0.1, 0.15) is 22.3 Å². The molecule has 0 spiro atoms. The number of para-hydroxylation sites is 1. The molecule has 0 N–H and O–H groups in total. The van der Waals surface area contributed by atoms with E-state index in [1.165, 1.54) is 50.1 Å². The van der Waals surface area contributed by atoms with E-state index in [0.717, 1.165) is 44.6 Å². The van der Waals surface area contributed by atoms with Crippen molar-refractivity contribution in [3.05, 3.63) is 247 Å². The molecular formula is C55H37NO. The lowest BCUT2D eigenvalue weighted by atomic mass is 9.67. The average Bonchev–Trinajstić information content (AvgIpc) is 3.81. The molecule has 11 rings (SSSR count). The van der Waals surface area contributed by atoms with Gasteiger partial charge in [0.25, 0.3) is 0 Å². The first-order chi connectivity index (χ1) is 28.3. The zero-order chi connectivity index (χ0) is 37.8. The second-order valence-electron chi connectivity index (χ2n) is 14.8. The van der Waals surface area contributed by atoms with Crippen molar-refractivity contribution < 1.29 is 4.42 Å². The lowest BCUT2D eigenvalue weighted by Gasteiger charge is -2.33. The number of anilines is 3. The van der Waals surface area contributed by atoms with Gasteiger partial charge < -0.3 is 9.32 Å². The third-order valence-corrected chi connectivity index (χ3v) is 11.7. The van der Waals surface area contributed by atoms with Crippen molar-refractivity contribution in [3.8, 4) is 33.4 Å². The van der Waals surface area contributed by atoms with Gasteiger partial charge in [0.2, 0.25) is 0 Å². The van der Waals surface area contributed by atoms with E-state index in [1.807, 2.05) is 0 Å². The molecule has 2 nitrogen and oxygen atoms in total. The van der Waals surface area contributed by atoms with Crippen LogP contribution in [0.2, 0.25) is 0 Å². The minimum absolute atomic E-state index is 0.563. The molecule has 0 fully saturated rings. The van der Waals surface area contributed by atoms with Gasteiger partial charge in [0, 0.05) is 33.4 Å². The Labute approximate surface area is 332 Å². The number of hydrogen-bond acceptors (Lipinski definition) is 2. The van der Waals surface area contributed by atoms with Crippen molar-refractivity contribution in [3.63, 3.8) is 0 Å². The molecule has 0 radical (unpaired) electrons. The van der Waals surface area contributed by atoms with Gasteiger partial charge in [-0.1, -0.05) is 182 Å². The standard InChI is InChI=1S/C55H37NO/c1-4-17-38(18-5-1)40-21-14-25-43(35-40)56(44-26-15-22-41(36-44)39-19-6-2-7-20-39)45-33-34-53-49(37-45)48-29-16-32-52(54(48)57-53)55(42-23-8-3-9-24-42)50-30-12-10-27-46(50)47-28-11-13-31-51(47)55/h1-37H. The molecule has 0 amide bonds. The van der Waals surface area contributed by atoms with Gasteiger partial charge in [-0.15, -0.1) is 0 Å². The molecule has 0 bridgehead atoms. The van der Waals surface area contributed by atoms with Gasteiger partial charge in [-0.2, -0.15) is 0 Å². The summed E-state index contributed by atoms with van der Waals surface area (Å²) >= 11 is 0. The van der Waals surface area contributed by atoms with Crippen LogP contribution in [-0.4, -0.2) is 0 Å². The lowest BCUT2D eigenvalue weighted by Crippen LogP contribution is -2.28. The normalized spacial score (nSPS) is 12.7. The molecule has 0 atom stereocenters. The highest BCUT2D eigenvalue weighted by Crippen LogP contribution is 2.57. The fraction of sp³-hybridized carbons (Fsp3) is 0.0182. The Morgan fingerprint density at radius 3 is 1.40 bits per heavy atom. The molecule has 2 heteroatoms. The van der Waals surface area contributed by atoms with Crippen LogP contribution in [0.5, 0.6) is 0 Å². The Morgan fingerprint density at radius 2 is 0.807 bits per heavy atom. The van der Waals surface area contributed by atoms with Crippen LogP contribution >= 0.6 is 0 Å². The number of nitrogens with zero attached hydrogens (tertiary/aromatic N) is 1. The van der Waals surface area contributed by atoms with Crippen LogP contribution in [0.3, 0.4) is 0 Å². The summed E-state index contributed by atoms with van der Waals surface area (Å²) in [6.45, 7) is 0. The topological polar surface area (TPSA) is 16.4 Å². The third-order valence-electron chi connectivity index (χ3n) is 11.7. The van der Waals surface area contributed by atoms with E-state index in [-0.39, 0.29) is 0 Å². The molecule has 0 saturated carbocycles. The van der Waals surface area contributed by atoms with E-state index in [9.17, 15) is 0 Å². The molecule has 1 heterocycles. The first-order valence-corrected chi connectivity index (χ1v) is 19.6.